The van der Waals surface area contributed by atoms with E-state index in [4.69, 9.17) is 4.74 Å². The summed E-state index contributed by atoms with van der Waals surface area (Å²) < 4.78 is 20.9. The number of benzene rings is 2. The van der Waals surface area contributed by atoms with Crippen LogP contribution < -0.4 is 10.1 Å². The number of amides is 1. The SMILES string of the molecule is CCOc1ccc2ncn(C)c2c1CNC(=O)c1ccc(C(C)F)cc1. The van der Waals surface area contributed by atoms with Gasteiger partial charge in [0, 0.05) is 24.7 Å². The van der Waals surface area contributed by atoms with Crippen molar-refractivity contribution in [2.75, 3.05) is 6.61 Å². The molecular weight excluding hydrogens is 333 g/mol. The number of imidazole rings is 1. The summed E-state index contributed by atoms with van der Waals surface area (Å²) in [4.78, 5) is 16.8. The number of aromatic nitrogens is 2. The minimum absolute atomic E-state index is 0.218. The number of hydrogen-bond acceptors (Lipinski definition) is 3. The topological polar surface area (TPSA) is 56.1 Å². The number of carbonyl (C=O) groups is 1. The first kappa shape index (κ1) is 17.9. The standard InChI is InChI=1S/C20H22FN3O2/c1-4-26-18-10-9-17-19(24(3)12-23-17)16(18)11-22-20(25)15-7-5-14(6-8-15)13(2)21/h5-10,12-13H,4,11H2,1-3H3,(H,22,25). The van der Waals surface area contributed by atoms with Crippen LogP contribution in [-0.2, 0) is 13.6 Å². The molecule has 1 atom stereocenters. The predicted molar refractivity (Wildman–Crippen MR) is 99.0 cm³/mol. The molecule has 1 amide bonds. The fraction of sp³-hybridized carbons (Fsp3) is 0.300. The minimum Gasteiger partial charge on any atom is -0.493 e. The first-order valence-corrected chi connectivity index (χ1v) is 8.59. The number of halogens is 1. The predicted octanol–water partition coefficient (Wildman–Crippen LogP) is 3.93. The number of ether oxygens (including phenoxy) is 1. The number of nitrogens with one attached hydrogen (secondary N) is 1. The average Bonchev–Trinajstić information content (AvgIpc) is 3.02. The molecule has 3 aromatic rings. The molecule has 0 saturated carbocycles. The minimum atomic E-state index is -1.05. The fourth-order valence-corrected chi connectivity index (χ4v) is 2.94. The van der Waals surface area contributed by atoms with Gasteiger partial charge in [-0.2, -0.15) is 0 Å². The van der Waals surface area contributed by atoms with Crippen molar-refractivity contribution in [3.63, 3.8) is 0 Å². The highest BCUT2D eigenvalue weighted by Gasteiger charge is 2.15. The van der Waals surface area contributed by atoms with Gasteiger partial charge in [-0.25, -0.2) is 9.37 Å². The number of alkyl halides is 1. The highest BCUT2D eigenvalue weighted by Crippen LogP contribution is 2.27. The Balaban J connectivity index is 1.83. The van der Waals surface area contributed by atoms with Crippen LogP contribution >= 0.6 is 0 Å². The maximum absolute atomic E-state index is 13.3. The Kier molecular flexibility index (Phi) is 5.21. The van der Waals surface area contributed by atoms with E-state index < -0.39 is 6.17 Å². The molecule has 5 nitrogen and oxygen atoms in total. The Bertz CT molecular complexity index is 917. The molecule has 0 aliphatic heterocycles. The van der Waals surface area contributed by atoms with E-state index in [0.717, 1.165) is 22.3 Å². The number of hydrogen-bond donors (Lipinski definition) is 1. The van der Waals surface area contributed by atoms with Crippen LogP contribution in [0.4, 0.5) is 4.39 Å². The molecule has 136 valence electrons. The Morgan fingerprint density at radius 1 is 1.27 bits per heavy atom. The normalized spacial score (nSPS) is 12.2. The van der Waals surface area contributed by atoms with Gasteiger partial charge in [0.15, 0.2) is 0 Å². The van der Waals surface area contributed by atoms with Crippen LogP contribution in [0.2, 0.25) is 0 Å². The van der Waals surface area contributed by atoms with Gasteiger partial charge >= 0.3 is 0 Å². The summed E-state index contributed by atoms with van der Waals surface area (Å²) in [5, 5.41) is 2.92. The van der Waals surface area contributed by atoms with Crippen LogP contribution in [0.25, 0.3) is 11.0 Å². The largest absolute Gasteiger partial charge is 0.493 e. The Hall–Kier alpha value is -2.89. The summed E-state index contributed by atoms with van der Waals surface area (Å²) in [6, 6.07) is 10.3. The van der Waals surface area contributed by atoms with Crippen molar-refractivity contribution in [2.45, 2.75) is 26.6 Å². The van der Waals surface area contributed by atoms with Gasteiger partial charge in [-0.15, -0.1) is 0 Å². The van der Waals surface area contributed by atoms with Crippen molar-refractivity contribution >= 4 is 16.9 Å². The number of carbonyl (C=O) groups excluding carboxylic acids is 1. The molecule has 1 unspecified atom stereocenters. The molecule has 0 saturated heterocycles. The van der Waals surface area contributed by atoms with Gasteiger partial charge in [0.05, 0.1) is 24.0 Å². The van der Waals surface area contributed by atoms with Gasteiger partial charge in [0.1, 0.15) is 11.9 Å². The molecule has 0 aliphatic rings. The molecular formula is C20H22FN3O2. The maximum atomic E-state index is 13.3. The second-order valence-electron chi connectivity index (χ2n) is 6.12. The lowest BCUT2D eigenvalue weighted by Crippen LogP contribution is -2.23. The number of aryl methyl sites for hydroxylation is 1. The molecule has 0 bridgehead atoms. The van der Waals surface area contributed by atoms with Gasteiger partial charge in [-0.3, -0.25) is 4.79 Å². The smallest absolute Gasteiger partial charge is 0.251 e. The van der Waals surface area contributed by atoms with Crippen LogP contribution in [-0.4, -0.2) is 22.1 Å². The van der Waals surface area contributed by atoms with E-state index >= 15 is 0 Å². The molecule has 1 aromatic heterocycles. The van der Waals surface area contributed by atoms with Gasteiger partial charge < -0.3 is 14.6 Å². The second-order valence-corrected chi connectivity index (χ2v) is 6.12. The number of fused-ring (bicyclic) bond motifs is 1. The summed E-state index contributed by atoms with van der Waals surface area (Å²) in [5.74, 6) is 0.509. The molecule has 0 aliphatic carbocycles. The summed E-state index contributed by atoms with van der Waals surface area (Å²) in [7, 11) is 1.91. The molecule has 0 radical (unpaired) electrons. The zero-order valence-corrected chi connectivity index (χ0v) is 15.1. The van der Waals surface area contributed by atoms with E-state index in [0.29, 0.717) is 24.3 Å². The third-order valence-electron chi connectivity index (χ3n) is 4.30. The molecule has 3 rings (SSSR count). The second kappa shape index (κ2) is 7.56. The van der Waals surface area contributed by atoms with Crippen molar-refractivity contribution in [3.8, 4) is 5.75 Å². The monoisotopic (exact) mass is 355 g/mol. The Morgan fingerprint density at radius 3 is 2.65 bits per heavy atom. The zero-order chi connectivity index (χ0) is 18.7. The molecule has 0 fully saturated rings. The summed E-state index contributed by atoms with van der Waals surface area (Å²) in [6.07, 6.45) is 0.686. The summed E-state index contributed by atoms with van der Waals surface area (Å²) in [5.41, 5.74) is 3.70. The van der Waals surface area contributed by atoms with Gasteiger partial charge in [0.2, 0.25) is 0 Å². The van der Waals surface area contributed by atoms with E-state index in [1.54, 1.807) is 30.6 Å². The summed E-state index contributed by atoms with van der Waals surface area (Å²) in [6.45, 7) is 4.24. The first-order chi connectivity index (χ1) is 12.5. The molecule has 2 aromatic carbocycles. The fourth-order valence-electron chi connectivity index (χ4n) is 2.94. The first-order valence-electron chi connectivity index (χ1n) is 8.59. The van der Waals surface area contributed by atoms with E-state index in [9.17, 15) is 9.18 Å². The number of rotatable bonds is 6. The van der Waals surface area contributed by atoms with Gasteiger partial charge in [-0.05, 0) is 43.7 Å². The van der Waals surface area contributed by atoms with Crippen LogP contribution in [0, 0.1) is 0 Å². The van der Waals surface area contributed by atoms with Crippen LogP contribution in [0.15, 0.2) is 42.7 Å². The molecule has 0 spiro atoms. The molecule has 26 heavy (non-hydrogen) atoms. The third kappa shape index (κ3) is 3.54. The van der Waals surface area contributed by atoms with Crippen molar-refractivity contribution in [1.82, 2.24) is 14.9 Å². The highest BCUT2D eigenvalue weighted by molar-refractivity contribution is 5.94. The highest BCUT2D eigenvalue weighted by atomic mass is 19.1. The summed E-state index contributed by atoms with van der Waals surface area (Å²) >= 11 is 0. The van der Waals surface area contributed by atoms with E-state index in [-0.39, 0.29) is 5.91 Å². The van der Waals surface area contributed by atoms with Crippen molar-refractivity contribution in [2.24, 2.45) is 7.05 Å². The van der Waals surface area contributed by atoms with Crippen LogP contribution in [0.1, 0.15) is 41.5 Å². The molecule has 1 heterocycles. The van der Waals surface area contributed by atoms with Crippen LogP contribution in [0.3, 0.4) is 0 Å². The lowest BCUT2D eigenvalue weighted by molar-refractivity contribution is 0.0950. The number of nitrogens with zero attached hydrogens (tertiary/aromatic N) is 2. The van der Waals surface area contributed by atoms with E-state index in [2.05, 4.69) is 10.3 Å². The van der Waals surface area contributed by atoms with E-state index in [1.807, 2.05) is 30.7 Å². The molecule has 1 N–H and O–H groups in total. The lowest BCUT2D eigenvalue weighted by atomic mass is 10.1. The Labute approximate surface area is 151 Å². The van der Waals surface area contributed by atoms with Gasteiger partial charge in [0.25, 0.3) is 5.91 Å². The average molecular weight is 355 g/mol. The molecule has 6 heteroatoms. The Morgan fingerprint density at radius 2 is 2.00 bits per heavy atom. The van der Waals surface area contributed by atoms with Crippen molar-refractivity contribution in [3.05, 3.63) is 59.4 Å². The lowest BCUT2D eigenvalue weighted by Gasteiger charge is -2.13. The van der Waals surface area contributed by atoms with E-state index in [1.165, 1.54) is 6.92 Å². The van der Waals surface area contributed by atoms with Gasteiger partial charge in [-0.1, -0.05) is 12.1 Å². The van der Waals surface area contributed by atoms with Crippen molar-refractivity contribution < 1.29 is 13.9 Å². The van der Waals surface area contributed by atoms with Crippen LogP contribution in [0.5, 0.6) is 5.75 Å². The van der Waals surface area contributed by atoms with Crippen molar-refractivity contribution in [1.29, 1.82) is 0 Å². The quantitative estimate of drug-likeness (QED) is 0.729. The maximum Gasteiger partial charge on any atom is 0.251 e. The zero-order valence-electron chi connectivity index (χ0n) is 15.1. The third-order valence-corrected chi connectivity index (χ3v) is 4.30.